The summed E-state index contributed by atoms with van der Waals surface area (Å²) >= 11 is 3.58. The molecule has 1 atom stereocenters. The number of fused-ring (bicyclic) bond motifs is 1. The SMILES string of the molecule is COc1cc(N2CCC(N3CC[C@@H](N(C)C)C3)CC2)c(C)cc1Nc1ncc(Br)c(Nc2ccc3nccnc3c2P(C)(C)=O)n1. The summed E-state index contributed by atoms with van der Waals surface area (Å²) < 4.78 is 19.9. The smallest absolute Gasteiger partial charge is 0.229 e. The Labute approximate surface area is 279 Å². The zero-order chi connectivity index (χ0) is 32.6. The zero-order valence-corrected chi connectivity index (χ0v) is 29.9. The molecule has 0 unspecified atom stereocenters. The molecular formula is C33H43BrN9O2P. The number of methoxy groups -OCH3 is 1. The number of benzene rings is 2. The monoisotopic (exact) mass is 707 g/mol. The molecule has 0 aliphatic carbocycles. The number of likely N-dealkylation sites (N-methyl/N-ethyl adjacent to an activating group) is 1. The van der Waals surface area contributed by atoms with E-state index >= 15 is 0 Å². The molecule has 0 bridgehead atoms. The van der Waals surface area contributed by atoms with Crippen LogP contribution in [0.15, 0.2) is 47.3 Å². The first-order valence-corrected chi connectivity index (χ1v) is 19.1. The van der Waals surface area contributed by atoms with Gasteiger partial charge >= 0.3 is 0 Å². The van der Waals surface area contributed by atoms with Crippen LogP contribution in [0.4, 0.5) is 28.8 Å². The number of piperidine rings is 1. The number of ether oxygens (including phenoxy) is 1. The Hall–Kier alpha value is -3.31. The van der Waals surface area contributed by atoms with Crippen LogP contribution in [-0.2, 0) is 4.57 Å². The predicted molar refractivity (Wildman–Crippen MR) is 192 cm³/mol. The fourth-order valence-electron chi connectivity index (χ4n) is 6.71. The lowest BCUT2D eigenvalue weighted by Crippen LogP contribution is -2.45. The van der Waals surface area contributed by atoms with E-state index in [1.165, 1.54) is 38.0 Å². The van der Waals surface area contributed by atoms with Crippen LogP contribution in [0.1, 0.15) is 24.8 Å². The summed E-state index contributed by atoms with van der Waals surface area (Å²) in [5.74, 6) is 1.66. The molecule has 2 aromatic heterocycles. The molecule has 2 N–H and O–H groups in total. The first-order chi connectivity index (χ1) is 22.0. The van der Waals surface area contributed by atoms with Crippen molar-refractivity contribution in [3.05, 3.63) is 52.9 Å². The molecule has 4 heterocycles. The summed E-state index contributed by atoms with van der Waals surface area (Å²) in [7, 11) is 3.34. The Balaban J connectivity index is 1.19. The van der Waals surface area contributed by atoms with Gasteiger partial charge in [0.1, 0.15) is 24.2 Å². The summed E-state index contributed by atoms with van der Waals surface area (Å²) in [5.41, 5.74) is 5.11. The fourth-order valence-corrected chi connectivity index (χ4v) is 8.39. The lowest BCUT2D eigenvalue weighted by atomic mass is 10.0. The second-order valence-electron chi connectivity index (χ2n) is 12.8. The predicted octanol–water partition coefficient (Wildman–Crippen LogP) is 5.84. The van der Waals surface area contributed by atoms with Gasteiger partial charge in [-0.1, -0.05) is 0 Å². The lowest BCUT2D eigenvalue weighted by molar-refractivity contribution is 0.189. The molecule has 6 rings (SSSR count). The second-order valence-corrected chi connectivity index (χ2v) is 16.8. The molecule has 0 saturated carbocycles. The van der Waals surface area contributed by atoms with Crippen LogP contribution < -0.4 is 25.6 Å². The molecule has 2 aliphatic heterocycles. The van der Waals surface area contributed by atoms with E-state index in [4.69, 9.17) is 9.72 Å². The highest BCUT2D eigenvalue weighted by Gasteiger charge is 2.32. The van der Waals surface area contributed by atoms with Crippen molar-refractivity contribution in [1.82, 2.24) is 29.7 Å². The van der Waals surface area contributed by atoms with Gasteiger partial charge in [-0.25, -0.2) is 4.98 Å². The third-order valence-corrected chi connectivity index (χ3v) is 11.3. The minimum absolute atomic E-state index is 0.400. The zero-order valence-electron chi connectivity index (χ0n) is 27.4. The Bertz CT molecular complexity index is 1770. The number of anilines is 5. The number of nitrogens with zero attached hydrogens (tertiary/aromatic N) is 7. The van der Waals surface area contributed by atoms with Gasteiger partial charge in [0.15, 0.2) is 0 Å². The summed E-state index contributed by atoms with van der Waals surface area (Å²) in [6, 6.07) is 9.28. The van der Waals surface area contributed by atoms with Crippen LogP contribution in [0, 0.1) is 6.92 Å². The number of rotatable bonds is 9. The van der Waals surface area contributed by atoms with Crippen molar-refractivity contribution in [3.8, 4) is 5.75 Å². The Morgan fingerprint density at radius 2 is 1.76 bits per heavy atom. The molecule has 2 aliphatic rings. The fraction of sp³-hybridized carbons (Fsp3) is 0.455. The average Bonchev–Trinajstić information content (AvgIpc) is 3.53. The number of hydrogen-bond donors (Lipinski definition) is 2. The van der Waals surface area contributed by atoms with E-state index in [0.29, 0.717) is 50.3 Å². The van der Waals surface area contributed by atoms with Crippen molar-refractivity contribution in [2.45, 2.75) is 38.3 Å². The van der Waals surface area contributed by atoms with Crippen LogP contribution in [0.5, 0.6) is 5.75 Å². The molecule has 46 heavy (non-hydrogen) atoms. The molecule has 11 nitrogen and oxygen atoms in total. The molecule has 0 radical (unpaired) electrons. The normalized spacial score (nSPS) is 18.0. The van der Waals surface area contributed by atoms with Gasteiger partial charge in [-0.05, 0) is 93.3 Å². The second kappa shape index (κ2) is 13.4. The van der Waals surface area contributed by atoms with Gasteiger partial charge < -0.3 is 29.7 Å². The molecule has 0 spiro atoms. The van der Waals surface area contributed by atoms with Crippen molar-refractivity contribution < 1.29 is 9.30 Å². The van der Waals surface area contributed by atoms with Crippen LogP contribution in [0.3, 0.4) is 0 Å². The number of likely N-dealkylation sites (tertiary alicyclic amines) is 1. The Morgan fingerprint density at radius 1 is 1.00 bits per heavy atom. The van der Waals surface area contributed by atoms with E-state index in [0.717, 1.165) is 30.1 Å². The van der Waals surface area contributed by atoms with E-state index < -0.39 is 7.14 Å². The summed E-state index contributed by atoms with van der Waals surface area (Å²) in [6.07, 6.45) is 8.54. The minimum atomic E-state index is -2.73. The number of aryl methyl sites for hydroxylation is 1. The molecule has 2 aromatic carbocycles. The molecule has 0 amide bonds. The van der Waals surface area contributed by atoms with E-state index in [1.807, 2.05) is 12.1 Å². The topological polar surface area (TPSA) is 112 Å². The highest BCUT2D eigenvalue weighted by molar-refractivity contribution is 9.10. The molecule has 2 saturated heterocycles. The quantitative estimate of drug-likeness (QED) is 0.205. The minimum Gasteiger partial charge on any atom is -0.494 e. The Kier molecular flexibility index (Phi) is 9.53. The van der Waals surface area contributed by atoms with Gasteiger partial charge in [-0.2, -0.15) is 4.98 Å². The van der Waals surface area contributed by atoms with Gasteiger partial charge in [0.2, 0.25) is 5.95 Å². The highest BCUT2D eigenvalue weighted by atomic mass is 79.9. The highest BCUT2D eigenvalue weighted by Crippen LogP contribution is 2.42. The maximum Gasteiger partial charge on any atom is 0.229 e. The number of halogens is 1. The first kappa shape index (κ1) is 32.6. The molecule has 244 valence electrons. The summed E-state index contributed by atoms with van der Waals surface area (Å²) in [4.78, 5) is 25.7. The van der Waals surface area contributed by atoms with Crippen LogP contribution in [0.25, 0.3) is 11.0 Å². The van der Waals surface area contributed by atoms with Crippen molar-refractivity contribution >= 4 is 68.2 Å². The van der Waals surface area contributed by atoms with E-state index in [1.54, 1.807) is 39.0 Å². The third-order valence-electron chi connectivity index (χ3n) is 9.16. The van der Waals surface area contributed by atoms with E-state index in [9.17, 15) is 4.57 Å². The van der Waals surface area contributed by atoms with Gasteiger partial charge in [-0.3, -0.25) is 14.9 Å². The third kappa shape index (κ3) is 6.86. The van der Waals surface area contributed by atoms with E-state index in [2.05, 4.69) is 89.4 Å². The van der Waals surface area contributed by atoms with Crippen LogP contribution in [0.2, 0.25) is 0 Å². The van der Waals surface area contributed by atoms with E-state index in [-0.39, 0.29) is 0 Å². The largest absolute Gasteiger partial charge is 0.494 e. The molecular weight excluding hydrogens is 665 g/mol. The standard InChI is InChI=1S/C33H43BrN9O2P/c1-21-17-27(29(45-4)18-28(21)42-14-9-22(10-15-42)43-16-11-23(20-43)41(2)3)39-33-37-19-24(34)32(40-33)38-26-8-7-25-30(36-13-12-35-25)31(26)46(5,6)44/h7-8,12-13,17-19,22-23H,9-11,14-16,20H2,1-6H3,(H2,37,38,39,40)/t23-/m1/s1. The lowest BCUT2D eigenvalue weighted by Gasteiger charge is -2.38. The van der Waals surface area contributed by atoms with Gasteiger partial charge in [0.25, 0.3) is 0 Å². The van der Waals surface area contributed by atoms with Gasteiger partial charge in [0.05, 0.1) is 33.8 Å². The summed E-state index contributed by atoms with van der Waals surface area (Å²) in [5, 5.41) is 7.37. The molecule has 4 aromatic rings. The van der Waals surface area contributed by atoms with Crippen molar-refractivity contribution in [2.24, 2.45) is 0 Å². The van der Waals surface area contributed by atoms with Crippen molar-refractivity contribution in [3.63, 3.8) is 0 Å². The maximum atomic E-state index is 13.4. The maximum absolute atomic E-state index is 13.4. The summed E-state index contributed by atoms with van der Waals surface area (Å²) in [6.45, 7) is 10.0. The van der Waals surface area contributed by atoms with Crippen molar-refractivity contribution in [1.29, 1.82) is 0 Å². The van der Waals surface area contributed by atoms with Gasteiger partial charge in [-0.15, -0.1) is 0 Å². The molecule has 2 fully saturated rings. The number of nitrogens with one attached hydrogen (secondary N) is 2. The first-order valence-electron chi connectivity index (χ1n) is 15.7. The average molecular weight is 709 g/mol. The van der Waals surface area contributed by atoms with Crippen molar-refractivity contribution in [2.75, 3.05) is 76.2 Å². The van der Waals surface area contributed by atoms with Crippen LogP contribution >= 0.6 is 23.1 Å². The number of aromatic nitrogens is 4. The Morgan fingerprint density at radius 3 is 2.46 bits per heavy atom. The van der Waals surface area contributed by atoms with Gasteiger partial charge in [0, 0.05) is 68.6 Å². The molecule has 13 heteroatoms. The number of hydrogen-bond acceptors (Lipinski definition) is 11. The van der Waals surface area contributed by atoms with Crippen LogP contribution in [-0.4, -0.2) is 103 Å².